The van der Waals surface area contributed by atoms with Gasteiger partial charge in [-0.3, -0.25) is 9.69 Å². The van der Waals surface area contributed by atoms with E-state index < -0.39 is 5.54 Å². The molecule has 1 aromatic heterocycles. The quantitative estimate of drug-likeness (QED) is 0.475. The van der Waals surface area contributed by atoms with Crippen LogP contribution in [0.3, 0.4) is 0 Å². The van der Waals surface area contributed by atoms with Crippen molar-refractivity contribution in [3.63, 3.8) is 0 Å². The Hall–Kier alpha value is -4.45. The standard InChI is InChI=1S/C28H24N4O2/c1-34-25-16-15-22(18-30-25)21-10-8-9-20(17-21)19-32-26(33)28(31-27(32)29,23-11-4-2-5-12-23)24-13-6-3-7-14-24/h2-18H,19H2,1H3,(H2,29,31). The largest absolute Gasteiger partial charge is 0.481 e. The number of aromatic nitrogens is 1. The summed E-state index contributed by atoms with van der Waals surface area (Å²) < 4.78 is 5.15. The lowest BCUT2D eigenvalue weighted by Crippen LogP contribution is -2.43. The molecule has 1 amide bonds. The lowest BCUT2D eigenvalue weighted by atomic mass is 9.83. The van der Waals surface area contributed by atoms with E-state index in [1.54, 1.807) is 18.2 Å². The van der Waals surface area contributed by atoms with Gasteiger partial charge in [0.05, 0.1) is 13.7 Å². The number of pyridine rings is 1. The van der Waals surface area contributed by atoms with E-state index in [2.05, 4.69) is 4.98 Å². The van der Waals surface area contributed by atoms with Crippen LogP contribution in [-0.4, -0.2) is 28.9 Å². The minimum Gasteiger partial charge on any atom is -0.481 e. The molecule has 1 aliphatic heterocycles. The lowest BCUT2D eigenvalue weighted by Gasteiger charge is -2.27. The fraction of sp³-hybridized carbons (Fsp3) is 0.107. The fourth-order valence-corrected chi connectivity index (χ4v) is 4.34. The van der Waals surface area contributed by atoms with Crippen LogP contribution in [0.15, 0.2) is 108 Å². The van der Waals surface area contributed by atoms with Gasteiger partial charge in [-0.25, -0.2) is 9.98 Å². The van der Waals surface area contributed by atoms with Crippen molar-refractivity contribution in [2.24, 2.45) is 10.7 Å². The van der Waals surface area contributed by atoms with E-state index in [4.69, 9.17) is 15.5 Å². The number of benzene rings is 3. The molecule has 168 valence electrons. The highest BCUT2D eigenvalue weighted by Crippen LogP contribution is 2.40. The minimum atomic E-state index is -1.20. The van der Waals surface area contributed by atoms with Crippen LogP contribution in [0.4, 0.5) is 0 Å². The van der Waals surface area contributed by atoms with Gasteiger partial charge in [0.25, 0.3) is 5.91 Å². The first-order valence-corrected chi connectivity index (χ1v) is 11.0. The number of nitrogens with two attached hydrogens (primary N) is 1. The number of carbonyl (C=O) groups excluding carboxylic acids is 1. The van der Waals surface area contributed by atoms with Gasteiger partial charge in [-0.1, -0.05) is 78.9 Å². The van der Waals surface area contributed by atoms with Crippen LogP contribution in [-0.2, 0) is 16.9 Å². The Morgan fingerprint density at radius 1 is 0.853 bits per heavy atom. The average molecular weight is 449 g/mol. The highest BCUT2D eigenvalue weighted by atomic mass is 16.5. The van der Waals surface area contributed by atoms with E-state index >= 15 is 0 Å². The Morgan fingerprint density at radius 2 is 1.53 bits per heavy atom. The molecule has 0 fully saturated rings. The van der Waals surface area contributed by atoms with Crippen molar-refractivity contribution in [2.45, 2.75) is 12.1 Å². The molecule has 4 aromatic rings. The normalized spacial score (nSPS) is 14.7. The third kappa shape index (κ3) is 3.69. The van der Waals surface area contributed by atoms with Gasteiger partial charge in [-0.05, 0) is 34.4 Å². The van der Waals surface area contributed by atoms with Crippen molar-refractivity contribution in [1.82, 2.24) is 9.88 Å². The summed E-state index contributed by atoms with van der Waals surface area (Å²) in [5, 5.41) is 0. The second kappa shape index (κ2) is 8.83. The minimum absolute atomic E-state index is 0.168. The Labute approximate surface area is 198 Å². The van der Waals surface area contributed by atoms with Crippen LogP contribution in [0, 0.1) is 0 Å². The first kappa shape index (κ1) is 21.4. The van der Waals surface area contributed by atoms with E-state index in [-0.39, 0.29) is 11.9 Å². The number of hydrogen-bond acceptors (Lipinski definition) is 5. The van der Waals surface area contributed by atoms with Crippen LogP contribution >= 0.6 is 0 Å². The summed E-state index contributed by atoms with van der Waals surface area (Å²) in [5.41, 5.74) is 9.64. The van der Waals surface area contributed by atoms with Crippen molar-refractivity contribution in [2.75, 3.05) is 7.11 Å². The molecule has 6 nitrogen and oxygen atoms in total. The van der Waals surface area contributed by atoms with Crippen molar-refractivity contribution < 1.29 is 9.53 Å². The van der Waals surface area contributed by atoms with Gasteiger partial charge in [0, 0.05) is 17.8 Å². The van der Waals surface area contributed by atoms with Crippen LogP contribution in [0.1, 0.15) is 16.7 Å². The molecule has 0 saturated carbocycles. The maximum atomic E-state index is 14.0. The second-order valence-corrected chi connectivity index (χ2v) is 8.09. The van der Waals surface area contributed by atoms with Crippen LogP contribution in [0.2, 0.25) is 0 Å². The van der Waals surface area contributed by atoms with Gasteiger partial charge in [0.1, 0.15) is 0 Å². The van der Waals surface area contributed by atoms with Gasteiger partial charge in [0.2, 0.25) is 5.88 Å². The molecule has 0 bridgehead atoms. The molecule has 0 unspecified atom stereocenters. The molecule has 0 atom stereocenters. The monoisotopic (exact) mass is 448 g/mol. The highest BCUT2D eigenvalue weighted by molar-refractivity contribution is 6.09. The number of methoxy groups -OCH3 is 1. The van der Waals surface area contributed by atoms with Gasteiger partial charge in [-0.2, -0.15) is 0 Å². The number of guanidine groups is 1. The molecule has 5 rings (SSSR count). The van der Waals surface area contributed by atoms with Crippen molar-refractivity contribution >= 4 is 11.9 Å². The van der Waals surface area contributed by atoms with E-state index in [1.807, 2.05) is 97.1 Å². The van der Waals surface area contributed by atoms with E-state index in [0.717, 1.165) is 27.8 Å². The van der Waals surface area contributed by atoms with E-state index in [1.165, 1.54) is 0 Å². The Kier molecular flexibility index (Phi) is 5.55. The number of carbonyl (C=O) groups is 1. The van der Waals surface area contributed by atoms with Gasteiger partial charge >= 0.3 is 0 Å². The summed E-state index contributed by atoms with van der Waals surface area (Å²) in [7, 11) is 1.59. The first-order chi connectivity index (χ1) is 16.6. The average Bonchev–Trinajstić information content (AvgIpc) is 3.15. The molecular weight excluding hydrogens is 424 g/mol. The van der Waals surface area contributed by atoms with Crippen LogP contribution in [0.5, 0.6) is 5.88 Å². The van der Waals surface area contributed by atoms with E-state index in [0.29, 0.717) is 12.4 Å². The smallest absolute Gasteiger partial charge is 0.266 e. The zero-order valence-corrected chi connectivity index (χ0v) is 18.8. The lowest BCUT2D eigenvalue weighted by molar-refractivity contribution is -0.130. The maximum Gasteiger partial charge on any atom is 0.266 e. The molecule has 0 aliphatic carbocycles. The zero-order chi connectivity index (χ0) is 23.5. The number of amides is 1. The van der Waals surface area contributed by atoms with Gasteiger partial charge in [-0.15, -0.1) is 0 Å². The second-order valence-electron chi connectivity index (χ2n) is 8.09. The molecular formula is C28H24N4O2. The third-order valence-corrected chi connectivity index (χ3v) is 6.04. The van der Waals surface area contributed by atoms with E-state index in [9.17, 15) is 4.79 Å². The molecule has 3 aromatic carbocycles. The number of rotatable bonds is 6. The molecule has 1 aliphatic rings. The SMILES string of the molecule is COc1ccc(-c2cccc(CN3C(=O)C(c4ccccc4)(c4ccccc4)N=C3N)c2)cn1. The highest BCUT2D eigenvalue weighted by Gasteiger charge is 2.50. The topological polar surface area (TPSA) is 80.8 Å². The third-order valence-electron chi connectivity index (χ3n) is 6.04. The molecule has 2 N–H and O–H groups in total. The number of nitrogens with zero attached hydrogens (tertiary/aromatic N) is 3. The summed E-state index contributed by atoms with van der Waals surface area (Å²) in [6.07, 6.45) is 1.77. The summed E-state index contributed by atoms with van der Waals surface area (Å²) >= 11 is 0. The summed E-state index contributed by atoms with van der Waals surface area (Å²) in [4.78, 5) is 24.6. The summed E-state index contributed by atoms with van der Waals surface area (Å²) in [5.74, 6) is 0.595. The number of aliphatic imine (C=N–C) groups is 1. The number of hydrogen-bond donors (Lipinski definition) is 1. The van der Waals surface area contributed by atoms with Crippen LogP contribution < -0.4 is 10.5 Å². The zero-order valence-electron chi connectivity index (χ0n) is 18.8. The molecule has 6 heteroatoms. The molecule has 0 spiro atoms. The van der Waals surface area contributed by atoms with Gasteiger partial charge < -0.3 is 10.5 Å². The Bertz CT molecular complexity index is 1300. The molecule has 0 radical (unpaired) electrons. The molecule has 2 heterocycles. The first-order valence-electron chi connectivity index (χ1n) is 11.0. The maximum absolute atomic E-state index is 14.0. The van der Waals surface area contributed by atoms with Crippen LogP contribution in [0.25, 0.3) is 11.1 Å². The van der Waals surface area contributed by atoms with Crippen molar-refractivity contribution in [3.05, 3.63) is 120 Å². The summed E-state index contributed by atoms with van der Waals surface area (Å²) in [6.45, 7) is 0.313. The molecule has 0 saturated heterocycles. The fourth-order valence-electron chi connectivity index (χ4n) is 4.34. The Morgan fingerprint density at radius 3 is 2.12 bits per heavy atom. The van der Waals surface area contributed by atoms with Crippen molar-refractivity contribution in [1.29, 1.82) is 0 Å². The van der Waals surface area contributed by atoms with Crippen molar-refractivity contribution in [3.8, 4) is 17.0 Å². The van der Waals surface area contributed by atoms with Gasteiger partial charge in [0.15, 0.2) is 11.5 Å². The summed E-state index contributed by atoms with van der Waals surface area (Å²) in [6, 6.07) is 30.9. The predicted octanol–water partition coefficient (Wildman–Crippen LogP) is 4.36. The number of ether oxygens (including phenoxy) is 1. The molecule has 34 heavy (non-hydrogen) atoms. The predicted molar refractivity (Wildman–Crippen MR) is 132 cm³/mol. The Balaban J connectivity index is 1.49.